The van der Waals surface area contributed by atoms with E-state index in [9.17, 15) is 10.1 Å². The van der Waals surface area contributed by atoms with E-state index in [4.69, 9.17) is 11.6 Å². The van der Waals surface area contributed by atoms with Gasteiger partial charge in [0.05, 0.1) is 9.95 Å². The summed E-state index contributed by atoms with van der Waals surface area (Å²) in [5.74, 6) is 1.14. The van der Waals surface area contributed by atoms with E-state index in [-0.39, 0.29) is 10.7 Å². The lowest BCUT2D eigenvalue weighted by Gasteiger charge is -2.05. The summed E-state index contributed by atoms with van der Waals surface area (Å²) in [4.78, 5) is 17.9. The van der Waals surface area contributed by atoms with Crippen molar-refractivity contribution in [1.82, 2.24) is 14.5 Å². The summed E-state index contributed by atoms with van der Waals surface area (Å²) >= 11 is 5.92. The van der Waals surface area contributed by atoms with Crippen LogP contribution in [-0.4, -0.2) is 19.5 Å². The van der Waals surface area contributed by atoms with Crippen molar-refractivity contribution in [2.45, 2.75) is 6.92 Å². The van der Waals surface area contributed by atoms with Crippen molar-refractivity contribution in [3.05, 3.63) is 45.6 Å². The molecular formula is C9H7ClN4O2. The smallest absolute Gasteiger partial charge is 0.287 e. The first-order valence-corrected chi connectivity index (χ1v) is 4.77. The van der Waals surface area contributed by atoms with E-state index < -0.39 is 4.92 Å². The Labute approximate surface area is 95.7 Å². The second-order valence-corrected chi connectivity index (χ2v) is 3.51. The Balaban J connectivity index is 2.52. The summed E-state index contributed by atoms with van der Waals surface area (Å²) in [6.45, 7) is 1.79. The number of rotatable bonds is 2. The van der Waals surface area contributed by atoms with E-state index in [1.54, 1.807) is 23.9 Å². The van der Waals surface area contributed by atoms with E-state index in [1.807, 2.05) is 0 Å². The van der Waals surface area contributed by atoms with Gasteiger partial charge in [-0.25, -0.2) is 9.97 Å². The summed E-state index contributed by atoms with van der Waals surface area (Å²) in [5, 5.41) is 10.7. The summed E-state index contributed by atoms with van der Waals surface area (Å²) in [7, 11) is 0. The van der Waals surface area contributed by atoms with Crippen molar-refractivity contribution in [3.8, 4) is 5.82 Å². The number of pyridine rings is 1. The van der Waals surface area contributed by atoms with Crippen LogP contribution < -0.4 is 0 Å². The molecule has 16 heavy (non-hydrogen) atoms. The average Bonchev–Trinajstić information content (AvgIpc) is 2.64. The van der Waals surface area contributed by atoms with Crippen molar-refractivity contribution in [2.24, 2.45) is 0 Å². The number of hydrogen-bond donors (Lipinski definition) is 0. The molecule has 82 valence electrons. The molecule has 2 heterocycles. The Hall–Kier alpha value is -1.95. The van der Waals surface area contributed by atoms with Crippen LogP contribution in [0.4, 0.5) is 5.69 Å². The van der Waals surface area contributed by atoms with Crippen molar-refractivity contribution in [3.63, 3.8) is 0 Å². The lowest BCUT2D eigenvalue weighted by Crippen LogP contribution is -2.00. The van der Waals surface area contributed by atoms with Gasteiger partial charge in [-0.05, 0) is 6.92 Å². The van der Waals surface area contributed by atoms with Crippen LogP contribution in [0.3, 0.4) is 0 Å². The van der Waals surface area contributed by atoms with Crippen LogP contribution in [0.5, 0.6) is 0 Å². The van der Waals surface area contributed by atoms with Crippen LogP contribution >= 0.6 is 11.6 Å². The van der Waals surface area contributed by atoms with Gasteiger partial charge in [0.2, 0.25) is 0 Å². The van der Waals surface area contributed by atoms with Crippen molar-refractivity contribution in [2.75, 3.05) is 0 Å². The molecule has 0 saturated heterocycles. The summed E-state index contributed by atoms with van der Waals surface area (Å²) in [5.41, 5.74) is -0.133. The van der Waals surface area contributed by atoms with Crippen molar-refractivity contribution >= 4 is 17.3 Å². The maximum atomic E-state index is 10.5. The summed E-state index contributed by atoms with van der Waals surface area (Å²) in [6.07, 6.45) is 4.46. The molecule has 0 aliphatic rings. The largest absolute Gasteiger partial charge is 0.289 e. The van der Waals surface area contributed by atoms with Crippen LogP contribution in [-0.2, 0) is 0 Å². The van der Waals surface area contributed by atoms with Crippen LogP contribution in [0, 0.1) is 17.0 Å². The molecular weight excluding hydrogens is 232 g/mol. The van der Waals surface area contributed by atoms with Gasteiger partial charge in [0.15, 0.2) is 5.82 Å². The Morgan fingerprint density at radius 3 is 2.75 bits per heavy atom. The molecule has 0 radical (unpaired) electrons. The van der Waals surface area contributed by atoms with Gasteiger partial charge in [0.1, 0.15) is 12.0 Å². The highest BCUT2D eigenvalue weighted by Gasteiger charge is 2.12. The highest BCUT2D eigenvalue weighted by molar-refractivity contribution is 6.32. The van der Waals surface area contributed by atoms with Gasteiger partial charge < -0.3 is 0 Å². The van der Waals surface area contributed by atoms with Gasteiger partial charge in [-0.2, -0.15) is 0 Å². The summed E-state index contributed by atoms with van der Waals surface area (Å²) in [6, 6.07) is 1.27. The normalized spacial score (nSPS) is 10.4. The molecule has 2 rings (SSSR count). The third-order valence-corrected chi connectivity index (χ3v) is 2.35. The molecule has 0 aliphatic heterocycles. The first kappa shape index (κ1) is 10.6. The maximum absolute atomic E-state index is 10.5. The Morgan fingerprint density at radius 2 is 2.25 bits per heavy atom. The Morgan fingerprint density at radius 1 is 1.50 bits per heavy atom. The lowest BCUT2D eigenvalue weighted by molar-refractivity contribution is -0.385. The number of imidazole rings is 1. The van der Waals surface area contributed by atoms with Gasteiger partial charge in [0.25, 0.3) is 5.69 Å². The average molecular weight is 239 g/mol. The van der Waals surface area contributed by atoms with Gasteiger partial charge in [-0.3, -0.25) is 14.7 Å². The minimum atomic E-state index is -0.538. The molecule has 0 spiro atoms. The molecule has 0 aromatic carbocycles. The minimum absolute atomic E-state index is 0.133. The second kappa shape index (κ2) is 3.90. The van der Waals surface area contributed by atoms with Crippen LogP contribution in [0.2, 0.25) is 5.02 Å². The molecule has 0 aliphatic carbocycles. The van der Waals surface area contributed by atoms with Crippen LogP contribution in [0.15, 0.2) is 24.7 Å². The first-order valence-electron chi connectivity index (χ1n) is 4.40. The van der Waals surface area contributed by atoms with E-state index in [1.165, 1.54) is 12.3 Å². The summed E-state index contributed by atoms with van der Waals surface area (Å²) < 4.78 is 1.66. The molecule has 0 fully saturated rings. The quantitative estimate of drug-likeness (QED) is 0.593. The molecule has 0 unspecified atom stereocenters. The van der Waals surface area contributed by atoms with E-state index in [2.05, 4.69) is 9.97 Å². The van der Waals surface area contributed by atoms with Crippen molar-refractivity contribution in [1.29, 1.82) is 0 Å². The fourth-order valence-corrected chi connectivity index (χ4v) is 1.55. The molecule has 7 heteroatoms. The third kappa shape index (κ3) is 1.74. The number of aryl methyl sites for hydroxylation is 1. The monoisotopic (exact) mass is 238 g/mol. The van der Waals surface area contributed by atoms with E-state index in [0.717, 1.165) is 0 Å². The van der Waals surface area contributed by atoms with Crippen LogP contribution in [0.1, 0.15) is 5.82 Å². The van der Waals surface area contributed by atoms with Gasteiger partial charge >= 0.3 is 0 Å². The number of nitro groups is 1. The lowest BCUT2D eigenvalue weighted by atomic mass is 10.4. The minimum Gasteiger partial charge on any atom is -0.287 e. The highest BCUT2D eigenvalue weighted by Crippen LogP contribution is 2.23. The Bertz CT molecular complexity index is 552. The number of halogens is 1. The topological polar surface area (TPSA) is 73.8 Å². The SMILES string of the molecule is Cc1nccn1-c1ncc([N+](=O)[O-])cc1Cl. The standard InChI is InChI=1S/C9H7ClN4O2/c1-6-11-2-3-13(6)9-8(10)4-7(5-12-9)14(15)16/h2-5H,1H3. The molecule has 0 saturated carbocycles. The maximum Gasteiger partial charge on any atom is 0.289 e. The third-order valence-electron chi connectivity index (χ3n) is 2.07. The Kier molecular flexibility index (Phi) is 2.57. The first-order chi connectivity index (χ1) is 7.59. The van der Waals surface area contributed by atoms with Crippen molar-refractivity contribution < 1.29 is 4.92 Å². The van der Waals surface area contributed by atoms with E-state index >= 15 is 0 Å². The van der Waals surface area contributed by atoms with Crippen LogP contribution in [0.25, 0.3) is 5.82 Å². The zero-order valence-corrected chi connectivity index (χ0v) is 9.05. The molecule has 0 N–H and O–H groups in total. The highest BCUT2D eigenvalue weighted by atomic mass is 35.5. The second-order valence-electron chi connectivity index (χ2n) is 3.10. The van der Waals surface area contributed by atoms with Gasteiger partial charge in [-0.15, -0.1) is 0 Å². The molecule has 2 aromatic heterocycles. The molecule has 0 bridgehead atoms. The molecule has 0 atom stereocenters. The fourth-order valence-electron chi connectivity index (χ4n) is 1.30. The van der Waals surface area contributed by atoms with E-state index in [0.29, 0.717) is 11.6 Å². The predicted octanol–water partition coefficient (Wildman–Crippen LogP) is 2.14. The molecule has 2 aromatic rings. The number of aromatic nitrogens is 3. The van der Waals surface area contributed by atoms with Gasteiger partial charge in [0, 0.05) is 18.5 Å². The zero-order valence-electron chi connectivity index (χ0n) is 8.29. The number of hydrogen-bond acceptors (Lipinski definition) is 4. The van der Waals surface area contributed by atoms with Gasteiger partial charge in [-0.1, -0.05) is 11.6 Å². The molecule has 6 nitrogen and oxygen atoms in total. The fraction of sp³-hybridized carbons (Fsp3) is 0.111. The zero-order chi connectivity index (χ0) is 11.7. The molecule has 0 amide bonds. The number of nitrogens with zero attached hydrogens (tertiary/aromatic N) is 4. The predicted molar refractivity (Wildman–Crippen MR) is 57.8 cm³/mol.